The Balaban J connectivity index is 1.45. The summed E-state index contributed by atoms with van der Waals surface area (Å²) in [5.74, 6) is 4.01. The molecule has 0 spiro atoms. The molecule has 1 N–H and O–H groups in total. The summed E-state index contributed by atoms with van der Waals surface area (Å²) in [7, 11) is 0. The van der Waals surface area contributed by atoms with Gasteiger partial charge in [0, 0.05) is 0 Å². The van der Waals surface area contributed by atoms with E-state index in [1.54, 1.807) is 0 Å². The Morgan fingerprint density at radius 2 is 1.73 bits per heavy atom. The number of hydrogen-bond donors (Lipinski definition) is 1. The predicted molar refractivity (Wildman–Crippen MR) is 128 cm³/mol. The Kier molecular flexibility index (Phi) is 6.28. The highest BCUT2D eigenvalue weighted by molar-refractivity contribution is 5.34. The fraction of sp³-hybridized carbons (Fsp3) is 0.931. The summed E-state index contributed by atoms with van der Waals surface area (Å²) in [6.07, 6.45) is 18.4. The van der Waals surface area contributed by atoms with Crippen LogP contribution in [0.25, 0.3) is 0 Å². The van der Waals surface area contributed by atoms with Crippen molar-refractivity contribution in [3.8, 4) is 0 Å². The fourth-order valence-corrected chi connectivity index (χ4v) is 8.77. The number of hydrogen-bond acceptors (Lipinski definition) is 1. The van der Waals surface area contributed by atoms with Crippen LogP contribution in [0.1, 0.15) is 125 Å². The summed E-state index contributed by atoms with van der Waals surface area (Å²) in [5.41, 5.74) is 4.51. The van der Waals surface area contributed by atoms with Crippen molar-refractivity contribution in [3.05, 3.63) is 11.1 Å². The van der Waals surface area contributed by atoms with E-state index in [9.17, 15) is 5.11 Å². The highest BCUT2D eigenvalue weighted by Gasteiger charge is 2.55. The zero-order chi connectivity index (χ0) is 21.7. The van der Waals surface area contributed by atoms with Crippen molar-refractivity contribution in [2.24, 2.45) is 40.4 Å². The van der Waals surface area contributed by atoms with Gasteiger partial charge in [0.05, 0.1) is 5.60 Å². The second kappa shape index (κ2) is 8.24. The lowest BCUT2D eigenvalue weighted by Gasteiger charge is -2.54. The molecule has 1 heteroatoms. The molecule has 0 aromatic carbocycles. The second-order valence-electron chi connectivity index (χ2n) is 13.1. The molecular weight excluding hydrogens is 364 g/mol. The lowest BCUT2D eigenvalue weighted by Crippen LogP contribution is -2.43. The largest absolute Gasteiger partial charge is 0.390 e. The van der Waals surface area contributed by atoms with E-state index in [0.717, 1.165) is 30.1 Å². The van der Waals surface area contributed by atoms with Gasteiger partial charge in [0.2, 0.25) is 0 Å². The normalized spacial score (nSPS) is 41.1. The van der Waals surface area contributed by atoms with E-state index in [1.807, 2.05) is 25.0 Å². The van der Waals surface area contributed by atoms with E-state index in [-0.39, 0.29) is 0 Å². The second-order valence-corrected chi connectivity index (χ2v) is 13.1. The molecule has 0 amide bonds. The van der Waals surface area contributed by atoms with Crippen LogP contribution in [0.15, 0.2) is 11.1 Å². The molecule has 30 heavy (non-hydrogen) atoms. The molecule has 1 nitrogen and oxygen atoms in total. The summed E-state index contributed by atoms with van der Waals surface area (Å²) in [6, 6.07) is 0. The topological polar surface area (TPSA) is 20.2 Å². The zero-order valence-corrected chi connectivity index (χ0v) is 21.0. The monoisotopic (exact) mass is 414 g/mol. The molecule has 0 aromatic rings. The quantitative estimate of drug-likeness (QED) is 0.433. The number of allylic oxidation sites excluding steroid dienone is 2. The molecule has 7 atom stereocenters. The third kappa shape index (κ3) is 3.84. The molecule has 2 saturated carbocycles. The van der Waals surface area contributed by atoms with Crippen LogP contribution in [0, 0.1) is 40.4 Å². The van der Waals surface area contributed by atoms with Gasteiger partial charge < -0.3 is 5.11 Å². The molecule has 4 aliphatic rings. The van der Waals surface area contributed by atoms with Gasteiger partial charge in [0.15, 0.2) is 0 Å². The first-order valence-corrected chi connectivity index (χ1v) is 13.5. The minimum atomic E-state index is -0.534. The Morgan fingerprint density at radius 1 is 0.967 bits per heavy atom. The summed E-state index contributed by atoms with van der Waals surface area (Å²) < 4.78 is 0. The van der Waals surface area contributed by atoms with Crippen LogP contribution in [-0.4, -0.2) is 10.7 Å². The first kappa shape index (κ1) is 22.9. The number of aliphatic hydroxyl groups is 1. The molecule has 0 aromatic heterocycles. The molecule has 0 radical (unpaired) electrons. The van der Waals surface area contributed by atoms with Crippen molar-refractivity contribution >= 4 is 0 Å². The molecule has 0 aliphatic heterocycles. The van der Waals surface area contributed by atoms with Gasteiger partial charge in [-0.1, -0.05) is 64.5 Å². The Hall–Kier alpha value is -0.300. The third-order valence-corrected chi connectivity index (χ3v) is 11.2. The van der Waals surface area contributed by atoms with E-state index < -0.39 is 5.60 Å². The molecule has 0 bridgehead atoms. The van der Waals surface area contributed by atoms with E-state index in [2.05, 4.69) is 27.7 Å². The maximum absolute atomic E-state index is 10.3. The molecule has 0 heterocycles. The highest BCUT2D eigenvalue weighted by Crippen LogP contribution is 2.66. The SMILES string of the molecule is CC(CCC[C@@H](C)[C@H]1CC[C@H]2C3=C(CC[C@]12C)[C@@]1(C)CCCCC1CC3)C(C)(C)O. The van der Waals surface area contributed by atoms with Crippen molar-refractivity contribution in [3.63, 3.8) is 0 Å². The average Bonchev–Trinajstić information content (AvgIpc) is 3.04. The van der Waals surface area contributed by atoms with Gasteiger partial charge in [0.25, 0.3) is 0 Å². The smallest absolute Gasteiger partial charge is 0.0617 e. The van der Waals surface area contributed by atoms with E-state index in [1.165, 1.54) is 77.0 Å². The van der Waals surface area contributed by atoms with Gasteiger partial charge in [-0.25, -0.2) is 0 Å². The molecular formula is C29H50O. The van der Waals surface area contributed by atoms with Crippen molar-refractivity contribution in [2.45, 2.75) is 131 Å². The summed E-state index contributed by atoms with van der Waals surface area (Å²) in [6.45, 7) is 14.1. The van der Waals surface area contributed by atoms with Gasteiger partial charge in [0.1, 0.15) is 0 Å². The minimum Gasteiger partial charge on any atom is -0.390 e. The lowest BCUT2D eigenvalue weighted by atomic mass is 9.50. The summed E-state index contributed by atoms with van der Waals surface area (Å²) >= 11 is 0. The molecule has 2 unspecified atom stereocenters. The highest BCUT2D eigenvalue weighted by atomic mass is 16.3. The van der Waals surface area contributed by atoms with Gasteiger partial charge in [-0.2, -0.15) is 0 Å². The fourth-order valence-electron chi connectivity index (χ4n) is 8.77. The molecule has 172 valence electrons. The van der Waals surface area contributed by atoms with Crippen LogP contribution in [0.2, 0.25) is 0 Å². The van der Waals surface area contributed by atoms with Crippen LogP contribution in [-0.2, 0) is 0 Å². The van der Waals surface area contributed by atoms with Crippen molar-refractivity contribution < 1.29 is 5.11 Å². The molecule has 4 aliphatic carbocycles. The van der Waals surface area contributed by atoms with Gasteiger partial charge >= 0.3 is 0 Å². The van der Waals surface area contributed by atoms with Crippen molar-refractivity contribution in [1.82, 2.24) is 0 Å². The summed E-state index contributed by atoms with van der Waals surface area (Å²) in [5, 5.41) is 10.3. The lowest BCUT2D eigenvalue weighted by molar-refractivity contribution is 0.0186. The summed E-state index contributed by atoms with van der Waals surface area (Å²) in [4.78, 5) is 0. The van der Waals surface area contributed by atoms with E-state index in [4.69, 9.17) is 0 Å². The first-order chi connectivity index (χ1) is 14.1. The Labute approximate surface area is 187 Å². The van der Waals surface area contributed by atoms with Crippen LogP contribution >= 0.6 is 0 Å². The maximum Gasteiger partial charge on any atom is 0.0617 e. The van der Waals surface area contributed by atoms with Gasteiger partial charge in [-0.05, 0) is 112 Å². The predicted octanol–water partition coefficient (Wildman–Crippen LogP) is 8.31. The van der Waals surface area contributed by atoms with Crippen LogP contribution in [0.5, 0.6) is 0 Å². The number of fused-ring (bicyclic) bond motifs is 4. The van der Waals surface area contributed by atoms with E-state index in [0.29, 0.717) is 16.7 Å². The average molecular weight is 415 g/mol. The standard InChI is InChI=1S/C29H50O/c1-20(10-9-11-21(2)27(3,4)30)24-15-16-25-23-14-13-22-12-7-8-18-28(22,5)26(23)17-19-29(24,25)6/h20-22,24-25,30H,7-19H2,1-6H3/t20-,21?,22?,24-,25+,28+,29-/m1/s1. The van der Waals surface area contributed by atoms with Crippen LogP contribution < -0.4 is 0 Å². The number of rotatable bonds is 6. The Morgan fingerprint density at radius 3 is 2.47 bits per heavy atom. The molecule has 0 saturated heterocycles. The minimum absolute atomic E-state index is 0.394. The van der Waals surface area contributed by atoms with Crippen LogP contribution in [0.3, 0.4) is 0 Å². The van der Waals surface area contributed by atoms with Crippen LogP contribution in [0.4, 0.5) is 0 Å². The molecule has 2 fully saturated rings. The van der Waals surface area contributed by atoms with Crippen molar-refractivity contribution in [2.75, 3.05) is 0 Å². The van der Waals surface area contributed by atoms with Gasteiger partial charge in [-0.3, -0.25) is 0 Å². The Bertz CT molecular complexity index is 654. The van der Waals surface area contributed by atoms with E-state index >= 15 is 0 Å². The van der Waals surface area contributed by atoms with Gasteiger partial charge in [-0.15, -0.1) is 0 Å². The molecule has 4 rings (SSSR count). The third-order valence-electron chi connectivity index (χ3n) is 11.2. The first-order valence-electron chi connectivity index (χ1n) is 13.5. The maximum atomic E-state index is 10.3. The zero-order valence-electron chi connectivity index (χ0n) is 21.0. The van der Waals surface area contributed by atoms with Crippen molar-refractivity contribution in [1.29, 1.82) is 0 Å².